The summed E-state index contributed by atoms with van der Waals surface area (Å²) < 4.78 is 31.8. The number of benzene rings is 2. The highest BCUT2D eigenvalue weighted by atomic mass is 35.5. The van der Waals surface area contributed by atoms with E-state index in [2.05, 4.69) is 4.74 Å². The Labute approximate surface area is 157 Å². The van der Waals surface area contributed by atoms with E-state index in [1.165, 1.54) is 25.3 Å². The van der Waals surface area contributed by atoms with E-state index in [0.29, 0.717) is 5.69 Å². The third-order valence-corrected chi connectivity index (χ3v) is 5.98. The van der Waals surface area contributed by atoms with Crippen molar-refractivity contribution in [3.8, 4) is 0 Å². The standard InChI is InChI=1S/C17H17Cl2NO4S/c1-11-6-12(2)8-13(7-11)20(10-17(21)24-3)25(22,23)14-4-5-15(18)16(19)9-14/h4-9H,10H2,1-3H3. The predicted octanol–water partition coefficient (Wildman–Crippen LogP) is 3.98. The molecule has 0 aliphatic rings. The Bertz CT molecular complexity index is 893. The SMILES string of the molecule is COC(=O)CN(c1cc(C)cc(C)c1)S(=O)(=O)c1ccc(Cl)c(Cl)c1. The predicted molar refractivity (Wildman–Crippen MR) is 98.9 cm³/mol. The summed E-state index contributed by atoms with van der Waals surface area (Å²) in [4.78, 5) is 11.7. The minimum atomic E-state index is -4.04. The third kappa shape index (κ3) is 4.45. The molecule has 8 heteroatoms. The van der Waals surface area contributed by atoms with E-state index in [-0.39, 0.29) is 14.9 Å². The molecule has 25 heavy (non-hydrogen) atoms. The maximum Gasteiger partial charge on any atom is 0.326 e. The molecule has 0 unspecified atom stereocenters. The molecule has 0 fully saturated rings. The van der Waals surface area contributed by atoms with E-state index in [9.17, 15) is 13.2 Å². The zero-order valence-corrected chi connectivity index (χ0v) is 16.2. The van der Waals surface area contributed by atoms with Crippen molar-refractivity contribution in [3.63, 3.8) is 0 Å². The van der Waals surface area contributed by atoms with E-state index in [0.717, 1.165) is 15.4 Å². The van der Waals surface area contributed by atoms with Gasteiger partial charge in [0.25, 0.3) is 10.0 Å². The molecule has 0 amide bonds. The number of methoxy groups -OCH3 is 1. The summed E-state index contributed by atoms with van der Waals surface area (Å²) in [5.41, 5.74) is 2.11. The van der Waals surface area contributed by atoms with Gasteiger partial charge in [0, 0.05) is 0 Å². The molecule has 2 rings (SSSR count). The Hall–Kier alpha value is -1.76. The molecule has 134 valence electrons. The molecule has 0 radical (unpaired) electrons. The fraction of sp³-hybridized carbons (Fsp3) is 0.235. The molecule has 0 atom stereocenters. The number of carbonyl (C=O) groups excluding carboxylic acids is 1. The Kier molecular flexibility index (Phi) is 5.98. The van der Waals surface area contributed by atoms with Gasteiger partial charge in [-0.2, -0.15) is 0 Å². The number of nitrogens with zero attached hydrogens (tertiary/aromatic N) is 1. The first-order valence-corrected chi connectivity index (χ1v) is 9.47. The van der Waals surface area contributed by atoms with Crippen molar-refractivity contribution >= 4 is 44.9 Å². The van der Waals surface area contributed by atoms with Crippen LogP contribution in [0.25, 0.3) is 0 Å². The van der Waals surface area contributed by atoms with E-state index in [1.807, 2.05) is 19.9 Å². The van der Waals surface area contributed by atoms with E-state index < -0.39 is 22.5 Å². The van der Waals surface area contributed by atoms with Gasteiger partial charge in [-0.05, 0) is 55.3 Å². The third-order valence-electron chi connectivity index (χ3n) is 3.47. The summed E-state index contributed by atoms with van der Waals surface area (Å²) >= 11 is 11.8. The zero-order chi connectivity index (χ0) is 18.8. The second kappa shape index (κ2) is 7.64. The number of carbonyl (C=O) groups is 1. The molecule has 0 aliphatic heterocycles. The number of sulfonamides is 1. The van der Waals surface area contributed by atoms with Gasteiger partial charge in [-0.25, -0.2) is 8.42 Å². The van der Waals surface area contributed by atoms with E-state index in [4.69, 9.17) is 23.2 Å². The molecule has 2 aromatic carbocycles. The lowest BCUT2D eigenvalue weighted by atomic mass is 10.1. The van der Waals surface area contributed by atoms with Gasteiger partial charge in [0.15, 0.2) is 0 Å². The van der Waals surface area contributed by atoms with E-state index in [1.54, 1.807) is 12.1 Å². The molecule has 2 aromatic rings. The zero-order valence-electron chi connectivity index (χ0n) is 13.9. The summed E-state index contributed by atoms with van der Waals surface area (Å²) in [5, 5.41) is 0.354. The van der Waals surface area contributed by atoms with Crippen LogP contribution in [0, 0.1) is 13.8 Å². The minimum absolute atomic E-state index is 0.0648. The van der Waals surface area contributed by atoms with Crippen LogP contribution < -0.4 is 4.31 Å². The summed E-state index contributed by atoms with van der Waals surface area (Å²) in [6.45, 7) is 3.24. The second-order valence-corrected chi connectivity index (χ2v) is 8.19. The summed E-state index contributed by atoms with van der Waals surface area (Å²) in [7, 11) is -2.84. The van der Waals surface area contributed by atoms with Crippen LogP contribution in [-0.2, 0) is 19.6 Å². The van der Waals surface area contributed by atoms with Crippen molar-refractivity contribution in [2.24, 2.45) is 0 Å². The Morgan fingerprint density at radius 1 is 1.04 bits per heavy atom. The Morgan fingerprint density at radius 3 is 2.16 bits per heavy atom. The highest BCUT2D eigenvalue weighted by Gasteiger charge is 2.28. The highest BCUT2D eigenvalue weighted by molar-refractivity contribution is 7.92. The van der Waals surface area contributed by atoms with Gasteiger partial charge in [0.05, 0.1) is 27.7 Å². The minimum Gasteiger partial charge on any atom is -0.468 e. The fourth-order valence-electron chi connectivity index (χ4n) is 2.36. The lowest BCUT2D eigenvalue weighted by Crippen LogP contribution is -2.36. The van der Waals surface area contributed by atoms with Crippen LogP contribution in [-0.4, -0.2) is 28.0 Å². The maximum absolute atomic E-state index is 13.1. The molecule has 0 N–H and O–H groups in total. The van der Waals surface area contributed by atoms with Crippen molar-refractivity contribution in [2.75, 3.05) is 18.0 Å². The van der Waals surface area contributed by atoms with Crippen LogP contribution in [0.4, 0.5) is 5.69 Å². The van der Waals surface area contributed by atoms with Gasteiger partial charge < -0.3 is 4.74 Å². The van der Waals surface area contributed by atoms with Crippen LogP contribution in [0.3, 0.4) is 0 Å². The van der Waals surface area contributed by atoms with Gasteiger partial charge in [0.1, 0.15) is 6.54 Å². The molecule has 0 aliphatic carbocycles. The van der Waals surface area contributed by atoms with Crippen molar-refractivity contribution < 1.29 is 17.9 Å². The van der Waals surface area contributed by atoms with Crippen LogP contribution in [0.5, 0.6) is 0 Å². The van der Waals surface area contributed by atoms with Crippen LogP contribution in [0.2, 0.25) is 10.0 Å². The highest BCUT2D eigenvalue weighted by Crippen LogP contribution is 2.30. The number of anilines is 1. The number of ether oxygens (including phenoxy) is 1. The molecule has 0 saturated heterocycles. The first-order valence-electron chi connectivity index (χ1n) is 7.28. The van der Waals surface area contributed by atoms with Crippen molar-refractivity contribution in [1.29, 1.82) is 0 Å². The van der Waals surface area contributed by atoms with Crippen molar-refractivity contribution in [3.05, 3.63) is 57.6 Å². The van der Waals surface area contributed by atoms with E-state index >= 15 is 0 Å². The Morgan fingerprint density at radius 2 is 1.64 bits per heavy atom. The number of halogens is 2. The van der Waals surface area contributed by atoms with Gasteiger partial charge in [-0.3, -0.25) is 9.10 Å². The summed E-state index contributed by atoms with van der Waals surface area (Å²) in [5.74, 6) is -0.678. The normalized spacial score (nSPS) is 11.2. The molecule has 0 aromatic heterocycles. The van der Waals surface area contributed by atoms with Crippen LogP contribution in [0.15, 0.2) is 41.3 Å². The second-order valence-electron chi connectivity index (χ2n) is 5.51. The molecule has 5 nitrogen and oxygen atoms in total. The molecule has 0 heterocycles. The smallest absolute Gasteiger partial charge is 0.326 e. The van der Waals surface area contributed by atoms with Gasteiger partial charge >= 0.3 is 5.97 Å². The molecular formula is C17H17Cl2NO4S. The monoisotopic (exact) mass is 401 g/mol. The van der Waals surface area contributed by atoms with Gasteiger partial charge in [-0.15, -0.1) is 0 Å². The maximum atomic E-state index is 13.1. The summed E-state index contributed by atoms with van der Waals surface area (Å²) in [6, 6.07) is 9.28. The van der Waals surface area contributed by atoms with Crippen LogP contribution >= 0.6 is 23.2 Å². The molecule has 0 spiro atoms. The lowest BCUT2D eigenvalue weighted by Gasteiger charge is -2.24. The average Bonchev–Trinajstić information content (AvgIpc) is 2.53. The summed E-state index contributed by atoms with van der Waals surface area (Å²) in [6.07, 6.45) is 0. The lowest BCUT2D eigenvalue weighted by molar-refractivity contribution is -0.138. The van der Waals surface area contributed by atoms with Crippen LogP contribution in [0.1, 0.15) is 11.1 Å². The Balaban J connectivity index is 2.60. The number of hydrogen-bond acceptors (Lipinski definition) is 4. The first kappa shape index (κ1) is 19.6. The van der Waals surface area contributed by atoms with Gasteiger partial charge in [0.2, 0.25) is 0 Å². The van der Waals surface area contributed by atoms with Crippen molar-refractivity contribution in [2.45, 2.75) is 18.7 Å². The van der Waals surface area contributed by atoms with Gasteiger partial charge in [-0.1, -0.05) is 29.3 Å². The number of rotatable bonds is 5. The van der Waals surface area contributed by atoms with Crippen molar-refractivity contribution in [1.82, 2.24) is 0 Å². The topological polar surface area (TPSA) is 63.7 Å². The first-order chi connectivity index (χ1) is 11.6. The number of esters is 1. The fourth-order valence-corrected chi connectivity index (χ4v) is 4.14. The molecular weight excluding hydrogens is 385 g/mol. The number of hydrogen-bond donors (Lipinski definition) is 0. The largest absolute Gasteiger partial charge is 0.468 e. The molecule has 0 saturated carbocycles. The molecule has 0 bridgehead atoms. The number of aryl methyl sites for hydroxylation is 2. The average molecular weight is 402 g/mol. The quantitative estimate of drug-likeness (QED) is 0.710.